The number of aromatic nitrogens is 2. The Balaban J connectivity index is 2.20. The summed E-state index contributed by atoms with van der Waals surface area (Å²) in [5, 5.41) is 15.0. The normalized spacial score (nSPS) is 18.2. The minimum absolute atomic E-state index is 0.0600. The SMILES string of the molecule is CCc1nn(CC)c(CC(=O)C2(O)CCCCC2)c1Br. The van der Waals surface area contributed by atoms with Gasteiger partial charge in [-0.1, -0.05) is 26.2 Å². The van der Waals surface area contributed by atoms with Crippen molar-refractivity contribution in [2.24, 2.45) is 0 Å². The van der Waals surface area contributed by atoms with Crippen LogP contribution in [0.5, 0.6) is 0 Å². The molecule has 4 nitrogen and oxygen atoms in total. The van der Waals surface area contributed by atoms with Crippen LogP contribution in [0, 0.1) is 0 Å². The number of carbonyl (C=O) groups excluding carboxylic acids is 1. The average Bonchev–Trinajstić information content (AvgIpc) is 2.76. The first-order valence-electron chi connectivity index (χ1n) is 7.51. The van der Waals surface area contributed by atoms with Crippen molar-refractivity contribution >= 4 is 21.7 Å². The van der Waals surface area contributed by atoms with E-state index >= 15 is 0 Å². The van der Waals surface area contributed by atoms with E-state index in [1.165, 1.54) is 0 Å². The molecule has 1 heterocycles. The molecule has 1 saturated carbocycles. The third-order valence-electron chi connectivity index (χ3n) is 4.22. The van der Waals surface area contributed by atoms with Crippen molar-refractivity contribution < 1.29 is 9.90 Å². The Morgan fingerprint density at radius 3 is 2.55 bits per heavy atom. The van der Waals surface area contributed by atoms with Gasteiger partial charge in [0.05, 0.1) is 22.3 Å². The molecule has 0 radical (unpaired) electrons. The van der Waals surface area contributed by atoms with Gasteiger partial charge in [0.15, 0.2) is 5.78 Å². The van der Waals surface area contributed by atoms with Crippen LogP contribution in [0.3, 0.4) is 0 Å². The summed E-state index contributed by atoms with van der Waals surface area (Å²) in [6.07, 6.45) is 5.30. The fourth-order valence-corrected chi connectivity index (χ4v) is 3.62. The van der Waals surface area contributed by atoms with Crippen molar-refractivity contribution in [3.63, 3.8) is 0 Å². The summed E-state index contributed by atoms with van der Waals surface area (Å²) in [6, 6.07) is 0. The van der Waals surface area contributed by atoms with E-state index in [4.69, 9.17) is 0 Å². The van der Waals surface area contributed by atoms with Gasteiger partial charge in [0.25, 0.3) is 0 Å². The van der Waals surface area contributed by atoms with E-state index in [0.29, 0.717) is 12.8 Å². The minimum atomic E-state index is -1.12. The molecular weight excluding hydrogens is 320 g/mol. The molecule has 0 amide bonds. The number of carbonyl (C=O) groups is 1. The number of Topliss-reactive ketones (excluding diaryl/α,β-unsaturated/α-hetero) is 1. The van der Waals surface area contributed by atoms with Crippen molar-refractivity contribution in [1.82, 2.24) is 9.78 Å². The molecule has 1 fully saturated rings. The van der Waals surface area contributed by atoms with Gasteiger partial charge in [-0.05, 0) is 42.1 Å². The maximum Gasteiger partial charge on any atom is 0.170 e. The van der Waals surface area contributed by atoms with E-state index < -0.39 is 5.60 Å². The average molecular weight is 343 g/mol. The van der Waals surface area contributed by atoms with Gasteiger partial charge in [-0.25, -0.2) is 0 Å². The lowest BCUT2D eigenvalue weighted by atomic mass is 9.80. The Morgan fingerprint density at radius 2 is 2.00 bits per heavy atom. The Morgan fingerprint density at radius 1 is 1.35 bits per heavy atom. The van der Waals surface area contributed by atoms with Gasteiger partial charge in [0.2, 0.25) is 0 Å². The maximum atomic E-state index is 12.5. The Hall–Kier alpha value is -0.680. The Bertz CT molecular complexity index is 490. The monoisotopic (exact) mass is 342 g/mol. The van der Waals surface area contributed by atoms with Crippen LogP contribution < -0.4 is 0 Å². The number of halogens is 1. The summed E-state index contributed by atoms with van der Waals surface area (Å²) in [4.78, 5) is 12.5. The predicted octanol–water partition coefficient (Wildman–Crippen LogP) is 3.03. The molecule has 1 aromatic heterocycles. The minimum Gasteiger partial charge on any atom is -0.382 e. The number of aliphatic hydroxyl groups is 1. The van der Waals surface area contributed by atoms with Crippen molar-refractivity contribution in [1.29, 1.82) is 0 Å². The first kappa shape index (κ1) is 15.7. The summed E-state index contributed by atoms with van der Waals surface area (Å²) in [5.41, 5.74) is 0.756. The van der Waals surface area contributed by atoms with E-state index in [1.54, 1.807) is 0 Å². The summed E-state index contributed by atoms with van der Waals surface area (Å²) >= 11 is 3.56. The second-order valence-electron chi connectivity index (χ2n) is 5.57. The Kier molecular flexibility index (Phi) is 5.02. The van der Waals surface area contributed by atoms with Gasteiger partial charge in [0, 0.05) is 6.54 Å². The van der Waals surface area contributed by atoms with E-state index in [-0.39, 0.29) is 12.2 Å². The largest absolute Gasteiger partial charge is 0.382 e. The van der Waals surface area contributed by atoms with Crippen LogP contribution in [0.1, 0.15) is 57.3 Å². The first-order valence-corrected chi connectivity index (χ1v) is 8.31. The zero-order chi connectivity index (χ0) is 14.8. The second-order valence-corrected chi connectivity index (χ2v) is 6.36. The summed E-state index contributed by atoms with van der Waals surface area (Å²) in [7, 11) is 0. The second kappa shape index (κ2) is 6.39. The zero-order valence-corrected chi connectivity index (χ0v) is 13.9. The third-order valence-corrected chi connectivity index (χ3v) is 5.14. The van der Waals surface area contributed by atoms with Crippen LogP contribution in [0.4, 0.5) is 0 Å². The molecular formula is C15H23BrN2O2. The molecule has 0 atom stereocenters. The van der Waals surface area contributed by atoms with Crippen molar-refractivity contribution in [3.05, 3.63) is 15.9 Å². The maximum absolute atomic E-state index is 12.5. The van der Waals surface area contributed by atoms with Crippen LogP contribution in [0.15, 0.2) is 4.47 Å². The van der Waals surface area contributed by atoms with Crippen LogP contribution in [0.2, 0.25) is 0 Å². The van der Waals surface area contributed by atoms with Crippen molar-refractivity contribution in [3.8, 4) is 0 Å². The highest BCUT2D eigenvalue weighted by atomic mass is 79.9. The lowest BCUT2D eigenvalue weighted by Crippen LogP contribution is -2.41. The van der Waals surface area contributed by atoms with Gasteiger partial charge in [0.1, 0.15) is 5.60 Å². The van der Waals surface area contributed by atoms with E-state index in [0.717, 1.165) is 48.1 Å². The number of rotatable bonds is 5. The number of aryl methyl sites for hydroxylation is 2. The fourth-order valence-electron chi connectivity index (χ4n) is 2.92. The molecule has 0 unspecified atom stereocenters. The van der Waals surface area contributed by atoms with Crippen LogP contribution in [-0.2, 0) is 24.2 Å². The van der Waals surface area contributed by atoms with Gasteiger partial charge >= 0.3 is 0 Å². The highest BCUT2D eigenvalue weighted by Gasteiger charge is 2.37. The standard InChI is InChI=1S/C15H23BrN2O2/c1-3-11-14(16)12(18(4-2)17-11)10-13(19)15(20)8-6-5-7-9-15/h20H,3-10H2,1-2H3. The summed E-state index contributed by atoms with van der Waals surface area (Å²) in [5.74, 6) is -0.0600. The van der Waals surface area contributed by atoms with Crippen molar-refractivity contribution in [2.45, 2.75) is 70.9 Å². The van der Waals surface area contributed by atoms with Gasteiger partial charge in [-0.3, -0.25) is 9.48 Å². The highest BCUT2D eigenvalue weighted by molar-refractivity contribution is 9.10. The molecule has 1 aromatic rings. The number of ketones is 1. The molecule has 1 N–H and O–H groups in total. The smallest absolute Gasteiger partial charge is 0.170 e. The van der Waals surface area contributed by atoms with Crippen LogP contribution in [-0.4, -0.2) is 26.3 Å². The number of nitrogens with zero attached hydrogens (tertiary/aromatic N) is 2. The van der Waals surface area contributed by atoms with Crippen LogP contribution in [0.25, 0.3) is 0 Å². The lowest BCUT2D eigenvalue weighted by molar-refractivity contribution is -0.140. The van der Waals surface area contributed by atoms with E-state index in [9.17, 15) is 9.90 Å². The van der Waals surface area contributed by atoms with Crippen LogP contribution >= 0.6 is 15.9 Å². The molecule has 0 saturated heterocycles. The van der Waals surface area contributed by atoms with Gasteiger partial charge in [-0.15, -0.1) is 0 Å². The van der Waals surface area contributed by atoms with Gasteiger partial charge < -0.3 is 5.11 Å². The summed E-state index contributed by atoms with van der Waals surface area (Å²) in [6.45, 7) is 4.80. The fraction of sp³-hybridized carbons (Fsp3) is 0.733. The number of hydrogen-bond donors (Lipinski definition) is 1. The summed E-state index contributed by atoms with van der Waals surface area (Å²) < 4.78 is 2.79. The molecule has 112 valence electrons. The molecule has 5 heteroatoms. The number of hydrogen-bond acceptors (Lipinski definition) is 3. The first-order chi connectivity index (χ1) is 9.51. The lowest BCUT2D eigenvalue weighted by Gasteiger charge is -2.30. The molecule has 0 aromatic carbocycles. The molecule has 1 aliphatic rings. The Labute approximate surface area is 128 Å². The zero-order valence-electron chi connectivity index (χ0n) is 12.3. The molecule has 2 rings (SSSR count). The van der Waals surface area contributed by atoms with Gasteiger partial charge in [-0.2, -0.15) is 5.10 Å². The predicted molar refractivity (Wildman–Crippen MR) is 81.7 cm³/mol. The molecule has 1 aliphatic carbocycles. The van der Waals surface area contributed by atoms with Crippen molar-refractivity contribution in [2.75, 3.05) is 0 Å². The molecule has 20 heavy (non-hydrogen) atoms. The van der Waals surface area contributed by atoms with E-state index in [2.05, 4.69) is 21.0 Å². The molecule has 0 bridgehead atoms. The molecule has 0 aliphatic heterocycles. The van der Waals surface area contributed by atoms with E-state index in [1.807, 2.05) is 18.5 Å². The highest BCUT2D eigenvalue weighted by Crippen LogP contribution is 2.31. The third kappa shape index (κ3) is 2.98. The quantitative estimate of drug-likeness (QED) is 0.894. The molecule has 0 spiro atoms. The topological polar surface area (TPSA) is 55.1 Å².